The number of nitrogens with two attached hydrogens (primary N) is 1. The molecule has 1 heterocycles. The first-order valence-electron chi connectivity index (χ1n) is 6.27. The molecule has 3 aromatic rings. The molecule has 0 spiro atoms. The molecule has 0 saturated carbocycles. The third-order valence-electron chi connectivity index (χ3n) is 3.30. The monoisotopic (exact) mass is 287 g/mol. The molecule has 2 N–H and O–H groups in total. The summed E-state index contributed by atoms with van der Waals surface area (Å²) in [6.07, 6.45) is 0. The fourth-order valence-electron chi connectivity index (χ4n) is 2.28. The SMILES string of the molecule is COc1ccccc1C(N)c1cc2cccc(Cl)c2o1. The first-order valence-corrected chi connectivity index (χ1v) is 6.65. The highest BCUT2D eigenvalue weighted by atomic mass is 35.5. The van der Waals surface area contributed by atoms with E-state index in [2.05, 4.69) is 0 Å². The van der Waals surface area contributed by atoms with Crippen molar-refractivity contribution in [2.24, 2.45) is 5.73 Å². The summed E-state index contributed by atoms with van der Waals surface area (Å²) >= 11 is 6.12. The van der Waals surface area contributed by atoms with Crippen LogP contribution < -0.4 is 10.5 Å². The Morgan fingerprint density at radius 3 is 2.70 bits per heavy atom. The van der Waals surface area contributed by atoms with Crippen molar-refractivity contribution in [3.63, 3.8) is 0 Å². The fourth-order valence-corrected chi connectivity index (χ4v) is 2.50. The second-order valence-corrected chi connectivity index (χ2v) is 4.93. The Hall–Kier alpha value is -1.97. The number of para-hydroxylation sites is 2. The number of furan rings is 1. The van der Waals surface area contributed by atoms with E-state index in [4.69, 9.17) is 26.5 Å². The highest BCUT2D eigenvalue weighted by Gasteiger charge is 2.18. The summed E-state index contributed by atoms with van der Waals surface area (Å²) in [7, 11) is 1.63. The lowest BCUT2D eigenvalue weighted by Crippen LogP contribution is -2.12. The molecule has 20 heavy (non-hydrogen) atoms. The molecule has 0 bridgehead atoms. The molecular weight excluding hydrogens is 274 g/mol. The maximum Gasteiger partial charge on any atom is 0.152 e. The Kier molecular flexibility index (Phi) is 3.38. The zero-order chi connectivity index (χ0) is 14.1. The van der Waals surface area contributed by atoms with Gasteiger partial charge in [0.25, 0.3) is 0 Å². The molecule has 3 rings (SSSR count). The van der Waals surface area contributed by atoms with Gasteiger partial charge in [0, 0.05) is 10.9 Å². The molecule has 0 amide bonds. The van der Waals surface area contributed by atoms with Gasteiger partial charge in [0.15, 0.2) is 5.58 Å². The van der Waals surface area contributed by atoms with Crippen LogP contribution in [0.1, 0.15) is 17.4 Å². The molecule has 0 radical (unpaired) electrons. The second-order valence-electron chi connectivity index (χ2n) is 4.53. The van der Waals surface area contributed by atoms with Crippen molar-refractivity contribution in [2.45, 2.75) is 6.04 Å². The zero-order valence-corrected chi connectivity index (χ0v) is 11.7. The summed E-state index contributed by atoms with van der Waals surface area (Å²) in [6, 6.07) is 14.8. The molecular formula is C16H14ClNO2. The van der Waals surface area contributed by atoms with Gasteiger partial charge in [-0.1, -0.05) is 41.9 Å². The van der Waals surface area contributed by atoms with E-state index in [0.717, 1.165) is 16.7 Å². The van der Waals surface area contributed by atoms with E-state index >= 15 is 0 Å². The van der Waals surface area contributed by atoms with Crippen LogP contribution in [-0.2, 0) is 0 Å². The second kappa shape index (κ2) is 5.19. The maximum absolute atomic E-state index is 6.29. The fraction of sp³-hybridized carbons (Fsp3) is 0.125. The minimum atomic E-state index is -0.394. The van der Waals surface area contributed by atoms with Gasteiger partial charge in [0.2, 0.25) is 0 Å². The smallest absolute Gasteiger partial charge is 0.152 e. The minimum absolute atomic E-state index is 0.394. The predicted octanol–water partition coefficient (Wildman–Crippen LogP) is 4.14. The quantitative estimate of drug-likeness (QED) is 0.787. The lowest BCUT2D eigenvalue weighted by Gasteiger charge is -2.13. The third-order valence-corrected chi connectivity index (χ3v) is 3.59. The Balaban J connectivity index is 2.08. The molecule has 0 aliphatic rings. The maximum atomic E-state index is 6.29. The van der Waals surface area contributed by atoms with Crippen molar-refractivity contribution < 1.29 is 9.15 Å². The van der Waals surface area contributed by atoms with Crippen LogP contribution in [0.15, 0.2) is 52.9 Å². The lowest BCUT2D eigenvalue weighted by atomic mass is 10.0. The number of fused-ring (bicyclic) bond motifs is 1. The van der Waals surface area contributed by atoms with E-state index < -0.39 is 6.04 Å². The van der Waals surface area contributed by atoms with Gasteiger partial charge in [0.05, 0.1) is 18.2 Å². The third kappa shape index (κ3) is 2.15. The highest BCUT2D eigenvalue weighted by Crippen LogP contribution is 2.33. The van der Waals surface area contributed by atoms with Crippen molar-refractivity contribution in [1.29, 1.82) is 0 Å². The molecule has 3 nitrogen and oxygen atoms in total. The van der Waals surface area contributed by atoms with Crippen molar-refractivity contribution >= 4 is 22.6 Å². The van der Waals surface area contributed by atoms with E-state index in [1.165, 1.54) is 0 Å². The van der Waals surface area contributed by atoms with Crippen LogP contribution in [-0.4, -0.2) is 7.11 Å². The Morgan fingerprint density at radius 2 is 1.95 bits per heavy atom. The molecule has 4 heteroatoms. The highest BCUT2D eigenvalue weighted by molar-refractivity contribution is 6.34. The topological polar surface area (TPSA) is 48.4 Å². The van der Waals surface area contributed by atoms with Gasteiger partial charge in [-0.3, -0.25) is 0 Å². The Bertz CT molecular complexity index is 751. The van der Waals surface area contributed by atoms with E-state index in [0.29, 0.717) is 16.4 Å². The van der Waals surface area contributed by atoms with Gasteiger partial charge in [-0.15, -0.1) is 0 Å². The summed E-state index contributed by atoms with van der Waals surface area (Å²) in [5.41, 5.74) is 7.83. The number of benzene rings is 2. The minimum Gasteiger partial charge on any atom is -0.496 e. The normalized spacial score (nSPS) is 12.6. The van der Waals surface area contributed by atoms with Crippen molar-refractivity contribution in [1.82, 2.24) is 0 Å². The molecule has 2 aromatic carbocycles. The van der Waals surface area contributed by atoms with Crippen LogP contribution in [0.2, 0.25) is 5.02 Å². The zero-order valence-electron chi connectivity index (χ0n) is 11.0. The molecule has 1 aromatic heterocycles. The van der Waals surface area contributed by atoms with E-state index in [-0.39, 0.29) is 0 Å². The van der Waals surface area contributed by atoms with Gasteiger partial charge in [-0.25, -0.2) is 0 Å². The number of methoxy groups -OCH3 is 1. The summed E-state index contributed by atoms with van der Waals surface area (Å²) in [5.74, 6) is 1.41. The van der Waals surface area contributed by atoms with Crippen molar-refractivity contribution in [3.05, 3.63) is 64.9 Å². The van der Waals surface area contributed by atoms with Gasteiger partial charge in [-0.05, 0) is 18.2 Å². The predicted molar refractivity (Wildman–Crippen MR) is 80.2 cm³/mol. The Morgan fingerprint density at radius 1 is 1.15 bits per heavy atom. The van der Waals surface area contributed by atoms with Crippen molar-refractivity contribution in [3.8, 4) is 5.75 Å². The van der Waals surface area contributed by atoms with E-state index in [1.54, 1.807) is 13.2 Å². The van der Waals surface area contributed by atoms with E-state index in [9.17, 15) is 0 Å². The lowest BCUT2D eigenvalue weighted by molar-refractivity contribution is 0.404. The number of ether oxygens (including phenoxy) is 1. The van der Waals surface area contributed by atoms with Gasteiger partial charge in [-0.2, -0.15) is 0 Å². The number of rotatable bonds is 3. The molecule has 0 aliphatic heterocycles. The first kappa shape index (κ1) is 13.0. The van der Waals surface area contributed by atoms with Crippen molar-refractivity contribution in [2.75, 3.05) is 7.11 Å². The largest absolute Gasteiger partial charge is 0.496 e. The van der Waals surface area contributed by atoms with Crippen LogP contribution in [0, 0.1) is 0 Å². The number of hydrogen-bond acceptors (Lipinski definition) is 3. The van der Waals surface area contributed by atoms with Crippen LogP contribution >= 0.6 is 11.6 Å². The molecule has 0 aliphatic carbocycles. The summed E-state index contributed by atoms with van der Waals surface area (Å²) < 4.78 is 11.1. The summed E-state index contributed by atoms with van der Waals surface area (Å²) in [4.78, 5) is 0. The summed E-state index contributed by atoms with van der Waals surface area (Å²) in [6.45, 7) is 0. The van der Waals surface area contributed by atoms with Crippen LogP contribution in [0.5, 0.6) is 5.75 Å². The average molecular weight is 288 g/mol. The first-order chi connectivity index (χ1) is 9.70. The molecule has 102 valence electrons. The molecule has 0 fully saturated rings. The number of hydrogen-bond donors (Lipinski definition) is 1. The van der Waals surface area contributed by atoms with Gasteiger partial charge in [0.1, 0.15) is 11.5 Å². The van der Waals surface area contributed by atoms with Gasteiger partial charge < -0.3 is 14.9 Å². The van der Waals surface area contributed by atoms with E-state index in [1.807, 2.05) is 42.5 Å². The average Bonchev–Trinajstić information content (AvgIpc) is 2.92. The van der Waals surface area contributed by atoms with Crippen LogP contribution in [0.4, 0.5) is 0 Å². The Labute approximate surface area is 121 Å². The van der Waals surface area contributed by atoms with Crippen LogP contribution in [0.3, 0.4) is 0 Å². The van der Waals surface area contributed by atoms with Gasteiger partial charge >= 0.3 is 0 Å². The molecule has 0 saturated heterocycles. The molecule has 1 atom stereocenters. The van der Waals surface area contributed by atoms with Crippen LogP contribution in [0.25, 0.3) is 11.0 Å². The standard InChI is InChI=1S/C16H14ClNO2/c1-19-13-8-3-2-6-11(13)15(18)14-9-10-5-4-7-12(17)16(10)20-14/h2-9,15H,18H2,1H3. The summed E-state index contributed by atoms with van der Waals surface area (Å²) in [5, 5.41) is 1.53. The number of halogens is 1. The molecule has 1 unspecified atom stereocenters.